The van der Waals surface area contributed by atoms with Crippen molar-refractivity contribution in [1.82, 2.24) is 20.4 Å². The van der Waals surface area contributed by atoms with Crippen LogP contribution < -0.4 is 10.6 Å². The Bertz CT molecular complexity index is 537. The molecule has 1 rings (SSSR count). The average molecular weight is 473 g/mol. The predicted octanol–water partition coefficient (Wildman–Crippen LogP) is 3.06. The molecule has 0 unspecified atom stereocenters. The molecule has 0 radical (unpaired) electrons. The van der Waals surface area contributed by atoms with Crippen molar-refractivity contribution in [3.63, 3.8) is 0 Å². The Morgan fingerprint density at radius 1 is 1.21 bits per heavy atom. The van der Waals surface area contributed by atoms with Crippen molar-refractivity contribution < 1.29 is 26.3 Å². The van der Waals surface area contributed by atoms with Gasteiger partial charge in [-0.1, -0.05) is 0 Å². The van der Waals surface area contributed by atoms with E-state index in [4.69, 9.17) is 0 Å². The van der Waals surface area contributed by atoms with Crippen LogP contribution in [0.2, 0.25) is 0 Å². The molecule has 0 spiro atoms. The van der Waals surface area contributed by atoms with Crippen molar-refractivity contribution >= 4 is 29.9 Å². The number of halogens is 7. The topological polar surface area (TPSA) is 54.2 Å². The van der Waals surface area contributed by atoms with Crippen LogP contribution in [0.3, 0.4) is 0 Å². The summed E-state index contributed by atoms with van der Waals surface area (Å²) in [6.45, 7) is 1.27. The smallest absolute Gasteiger partial charge is 0.357 e. The lowest BCUT2D eigenvalue weighted by Crippen LogP contribution is -2.38. The van der Waals surface area contributed by atoms with Gasteiger partial charge in [-0.15, -0.1) is 24.0 Å². The zero-order valence-corrected chi connectivity index (χ0v) is 15.3. The van der Waals surface area contributed by atoms with Crippen LogP contribution in [-0.4, -0.2) is 35.0 Å². The fourth-order valence-corrected chi connectivity index (χ4v) is 1.72. The first kappa shape index (κ1) is 22.8. The lowest BCUT2D eigenvalue weighted by molar-refractivity contribution is -0.142. The van der Waals surface area contributed by atoms with Crippen molar-refractivity contribution in [1.29, 1.82) is 0 Å². The number of hydrogen-bond donors (Lipinski definition) is 2. The van der Waals surface area contributed by atoms with E-state index < -0.39 is 31.0 Å². The second-order valence-electron chi connectivity index (χ2n) is 4.66. The number of hydrogen-bond acceptors (Lipinski definition) is 2. The number of nitrogens with zero attached hydrogens (tertiary/aromatic N) is 3. The second-order valence-corrected chi connectivity index (χ2v) is 4.66. The van der Waals surface area contributed by atoms with E-state index in [9.17, 15) is 26.3 Å². The minimum absolute atomic E-state index is 0. The number of rotatable bonds is 5. The van der Waals surface area contributed by atoms with Gasteiger partial charge in [0.25, 0.3) is 0 Å². The quantitative estimate of drug-likeness (QED) is 0.299. The van der Waals surface area contributed by atoms with Crippen LogP contribution in [0.4, 0.5) is 26.3 Å². The highest BCUT2D eigenvalue weighted by Gasteiger charge is 2.36. The summed E-state index contributed by atoms with van der Waals surface area (Å²) in [7, 11) is 1.34. The summed E-state index contributed by atoms with van der Waals surface area (Å²) in [5.41, 5.74) is -1.22. The summed E-state index contributed by atoms with van der Waals surface area (Å²) < 4.78 is 75.7. The van der Waals surface area contributed by atoms with Gasteiger partial charge in [-0.25, -0.2) is 4.99 Å². The lowest BCUT2D eigenvalue weighted by Gasteiger charge is -2.12. The molecule has 12 heteroatoms. The van der Waals surface area contributed by atoms with Crippen molar-refractivity contribution in [2.75, 3.05) is 13.1 Å². The molecule has 0 bridgehead atoms. The van der Waals surface area contributed by atoms with E-state index in [1.165, 1.54) is 13.2 Å². The van der Waals surface area contributed by atoms with E-state index in [-0.39, 0.29) is 42.0 Å². The first-order valence-corrected chi connectivity index (χ1v) is 6.71. The zero-order valence-electron chi connectivity index (χ0n) is 12.9. The standard InChI is InChI=1S/C12H17F6N5.HI/c1-3-19-10(20-5-4-11(13,14)15)21-6-8-7-23(2)22-9(8)12(16,17)18;/h7H,3-6H2,1-2H3,(H2,19,20,21);1H. The number of aliphatic imine (C=N–C) groups is 1. The van der Waals surface area contributed by atoms with E-state index in [1.807, 2.05) is 0 Å². The zero-order chi connectivity index (χ0) is 17.7. The van der Waals surface area contributed by atoms with Gasteiger partial charge < -0.3 is 10.6 Å². The van der Waals surface area contributed by atoms with Crippen LogP contribution >= 0.6 is 24.0 Å². The maximum Gasteiger partial charge on any atom is 0.435 e. The molecule has 5 nitrogen and oxygen atoms in total. The van der Waals surface area contributed by atoms with Gasteiger partial charge >= 0.3 is 12.4 Å². The van der Waals surface area contributed by atoms with Crippen molar-refractivity contribution in [3.05, 3.63) is 17.5 Å². The largest absolute Gasteiger partial charge is 0.435 e. The lowest BCUT2D eigenvalue weighted by atomic mass is 10.2. The number of aromatic nitrogens is 2. The van der Waals surface area contributed by atoms with Gasteiger partial charge in [0, 0.05) is 31.9 Å². The third-order valence-electron chi connectivity index (χ3n) is 2.63. The van der Waals surface area contributed by atoms with E-state index in [0.717, 1.165) is 4.68 Å². The molecule has 140 valence electrons. The monoisotopic (exact) mass is 473 g/mol. The summed E-state index contributed by atoms with van der Waals surface area (Å²) in [4.78, 5) is 3.86. The molecule has 0 amide bonds. The fraction of sp³-hybridized carbons (Fsp3) is 0.667. The molecule has 0 aliphatic rings. The first-order valence-electron chi connectivity index (χ1n) is 6.71. The normalized spacial score (nSPS) is 12.8. The molecular weight excluding hydrogens is 455 g/mol. The molecule has 0 saturated carbocycles. The SMILES string of the molecule is CCNC(=NCc1cn(C)nc1C(F)(F)F)NCCC(F)(F)F.I. The number of aryl methyl sites for hydroxylation is 1. The molecule has 1 aromatic heterocycles. The number of alkyl halides is 6. The molecular formula is C12H18F6IN5. The Balaban J connectivity index is 0.00000529. The summed E-state index contributed by atoms with van der Waals surface area (Å²) in [5, 5.41) is 8.42. The summed E-state index contributed by atoms with van der Waals surface area (Å²) in [6, 6.07) is 0. The van der Waals surface area contributed by atoms with Crippen molar-refractivity contribution in [2.24, 2.45) is 12.0 Å². The van der Waals surface area contributed by atoms with E-state index in [0.29, 0.717) is 6.54 Å². The van der Waals surface area contributed by atoms with E-state index in [2.05, 4.69) is 20.7 Å². The van der Waals surface area contributed by atoms with Gasteiger partial charge in [-0.3, -0.25) is 4.68 Å². The van der Waals surface area contributed by atoms with Crippen LogP contribution in [0, 0.1) is 0 Å². The van der Waals surface area contributed by atoms with Crippen LogP contribution in [0.1, 0.15) is 24.6 Å². The van der Waals surface area contributed by atoms with Crippen LogP contribution in [0.25, 0.3) is 0 Å². The Labute approximate surface area is 151 Å². The van der Waals surface area contributed by atoms with E-state index >= 15 is 0 Å². The van der Waals surface area contributed by atoms with Gasteiger partial charge in [0.15, 0.2) is 11.7 Å². The average Bonchev–Trinajstić information content (AvgIpc) is 2.76. The third kappa shape index (κ3) is 8.06. The Hall–Kier alpha value is -1.21. The molecule has 1 aromatic rings. The maximum absolute atomic E-state index is 12.8. The van der Waals surface area contributed by atoms with Gasteiger partial charge in [0.1, 0.15) is 0 Å². The molecule has 0 atom stereocenters. The highest BCUT2D eigenvalue weighted by molar-refractivity contribution is 14.0. The summed E-state index contributed by atoms with van der Waals surface area (Å²) in [5.74, 6) is 0.00808. The van der Waals surface area contributed by atoms with Crippen molar-refractivity contribution in [3.8, 4) is 0 Å². The van der Waals surface area contributed by atoms with Gasteiger partial charge in [0.05, 0.1) is 13.0 Å². The Kier molecular flexibility index (Phi) is 8.85. The second kappa shape index (κ2) is 9.32. The fourth-order valence-electron chi connectivity index (χ4n) is 1.72. The van der Waals surface area contributed by atoms with Gasteiger partial charge in [0.2, 0.25) is 0 Å². The maximum atomic E-state index is 12.8. The molecule has 0 aliphatic heterocycles. The van der Waals surface area contributed by atoms with Crippen molar-refractivity contribution in [2.45, 2.75) is 32.2 Å². The van der Waals surface area contributed by atoms with Crippen LogP contribution in [0.15, 0.2) is 11.2 Å². The molecule has 2 N–H and O–H groups in total. The number of guanidine groups is 1. The van der Waals surface area contributed by atoms with Crippen LogP contribution in [-0.2, 0) is 19.8 Å². The molecule has 24 heavy (non-hydrogen) atoms. The highest BCUT2D eigenvalue weighted by Crippen LogP contribution is 2.30. The third-order valence-corrected chi connectivity index (χ3v) is 2.63. The molecule has 0 fully saturated rings. The Morgan fingerprint density at radius 3 is 2.33 bits per heavy atom. The van der Waals surface area contributed by atoms with E-state index in [1.54, 1.807) is 6.92 Å². The summed E-state index contributed by atoms with van der Waals surface area (Å²) in [6.07, 6.45) is -8.84. The summed E-state index contributed by atoms with van der Waals surface area (Å²) >= 11 is 0. The van der Waals surface area contributed by atoms with Gasteiger partial charge in [-0.05, 0) is 6.92 Å². The highest BCUT2D eigenvalue weighted by atomic mass is 127. The molecule has 0 aromatic carbocycles. The minimum Gasteiger partial charge on any atom is -0.357 e. The molecule has 1 heterocycles. The molecule has 0 aliphatic carbocycles. The minimum atomic E-state index is -4.62. The van der Waals surface area contributed by atoms with Gasteiger partial charge in [-0.2, -0.15) is 31.4 Å². The van der Waals surface area contributed by atoms with Crippen LogP contribution in [0.5, 0.6) is 0 Å². The predicted molar refractivity (Wildman–Crippen MR) is 87.1 cm³/mol. The Morgan fingerprint density at radius 2 is 1.83 bits per heavy atom. The number of nitrogens with one attached hydrogen (secondary N) is 2. The molecule has 0 saturated heterocycles. The first-order chi connectivity index (χ1) is 10.5.